The van der Waals surface area contributed by atoms with Crippen LogP contribution in [0.3, 0.4) is 0 Å². The normalized spacial score (nSPS) is 17.4. The number of halogens is 3. The van der Waals surface area contributed by atoms with Crippen molar-refractivity contribution in [3.8, 4) is 0 Å². The van der Waals surface area contributed by atoms with Gasteiger partial charge in [0.05, 0.1) is 28.3 Å². The van der Waals surface area contributed by atoms with Crippen LogP contribution in [0.5, 0.6) is 0 Å². The Morgan fingerprint density at radius 3 is 1.14 bits per heavy atom. The van der Waals surface area contributed by atoms with E-state index in [0.717, 1.165) is 153 Å². The highest BCUT2D eigenvalue weighted by molar-refractivity contribution is 5.49. The summed E-state index contributed by atoms with van der Waals surface area (Å²) in [6.45, 7) is 30.0. The molecular weight excluding hydrogens is 1320 g/mol. The Kier molecular flexibility index (Phi) is 33.4. The number of aromatic nitrogens is 4. The van der Waals surface area contributed by atoms with Crippen molar-refractivity contribution < 1.29 is 13.2 Å². The van der Waals surface area contributed by atoms with Gasteiger partial charge in [-0.3, -0.25) is 39.5 Å². The number of hydrogen-bond donors (Lipinski definition) is 4. The molecule has 1 fully saturated rings. The summed E-state index contributed by atoms with van der Waals surface area (Å²) >= 11 is 0. The minimum Gasteiger partial charge on any atom is -0.308 e. The van der Waals surface area contributed by atoms with Gasteiger partial charge in [-0.2, -0.15) is 13.2 Å². The van der Waals surface area contributed by atoms with E-state index in [2.05, 4.69) is 212 Å². The second kappa shape index (κ2) is 43.6. The molecule has 4 aromatic carbocycles. The number of aryl methyl sites for hydroxylation is 1. The van der Waals surface area contributed by atoms with Crippen molar-refractivity contribution in [3.05, 3.63) is 266 Å². The lowest BCUT2D eigenvalue weighted by Gasteiger charge is -2.32. The van der Waals surface area contributed by atoms with Gasteiger partial charge in [0.25, 0.3) is 0 Å². The molecule has 0 unspecified atom stereocenters. The number of unbranched alkanes of at least 4 members (excludes halogenated alkanes) is 8. The van der Waals surface area contributed by atoms with Crippen molar-refractivity contribution in [1.29, 1.82) is 0 Å². The second-order valence-electron chi connectivity index (χ2n) is 30.4. The maximum absolute atomic E-state index is 13.4. The number of nitrogens with one attached hydrogen (secondary N) is 4. The predicted molar refractivity (Wildman–Crippen MR) is 431 cm³/mol. The molecule has 1 saturated carbocycles. The lowest BCUT2D eigenvalue weighted by atomic mass is 9.95. The lowest BCUT2D eigenvalue weighted by Crippen LogP contribution is -2.45. The Morgan fingerprint density at radius 1 is 0.406 bits per heavy atom. The van der Waals surface area contributed by atoms with Gasteiger partial charge in [0.1, 0.15) is 0 Å². The van der Waals surface area contributed by atoms with Crippen molar-refractivity contribution in [3.63, 3.8) is 0 Å². The molecule has 106 heavy (non-hydrogen) atoms. The largest absolute Gasteiger partial charge is 0.418 e. The van der Waals surface area contributed by atoms with E-state index in [-0.39, 0.29) is 18.3 Å². The van der Waals surface area contributed by atoms with Crippen molar-refractivity contribution >= 4 is 6.08 Å². The first kappa shape index (κ1) is 81.2. The number of benzene rings is 4. The molecule has 0 bridgehead atoms. The van der Waals surface area contributed by atoms with E-state index >= 15 is 0 Å². The van der Waals surface area contributed by atoms with Crippen LogP contribution in [0.1, 0.15) is 213 Å². The molecule has 0 saturated heterocycles. The number of rotatable bonds is 34. The summed E-state index contributed by atoms with van der Waals surface area (Å²) in [5.41, 5.74) is 18.5. The van der Waals surface area contributed by atoms with Crippen LogP contribution in [0.2, 0.25) is 0 Å². The fourth-order valence-corrected chi connectivity index (χ4v) is 15.5. The number of alkyl halides is 3. The third-order valence-electron chi connectivity index (χ3n) is 21.7. The molecule has 13 rings (SSSR count). The third kappa shape index (κ3) is 26.5. The monoisotopic (exact) mass is 1440 g/mol. The van der Waals surface area contributed by atoms with E-state index in [1.165, 1.54) is 156 Å². The molecule has 0 amide bonds. The fourth-order valence-electron chi connectivity index (χ4n) is 15.5. The molecule has 568 valence electrons. The first-order valence-corrected chi connectivity index (χ1v) is 40.4. The number of nitrogens with zero attached hydrogens (tertiary/aromatic N) is 8. The van der Waals surface area contributed by atoms with Gasteiger partial charge in [-0.15, -0.1) is 0 Å². The molecule has 12 nitrogen and oxygen atoms in total. The zero-order valence-electron chi connectivity index (χ0n) is 64.6. The van der Waals surface area contributed by atoms with E-state index < -0.39 is 11.7 Å². The highest BCUT2D eigenvalue weighted by Gasteiger charge is 2.35. The number of fused-ring (bicyclic) bond motifs is 4. The predicted octanol–water partition coefficient (Wildman–Crippen LogP) is 18.0. The van der Waals surface area contributed by atoms with Crippen LogP contribution in [0.15, 0.2) is 177 Å². The van der Waals surface area contributed by atoms with E-state index in [1.807, 2.05) is 42.9 Å². The molecular formula is C91H123F3N12. The van der Waals surface area contributed by atoms with Gasteiger partial charge in [0.15, 0.2) is 0 Å². The maximum atomic E-state index is 13.4. The SMILES string of the molecule is C=Cc1cccnc1CN(CCCCC)C[C@H]1Cc2ccccc2CN1.CCCCCN(Cc1ccc(C)cn1)C[C@H]1Cc2ccccc2CN1.CCCCCN(Cc1ncccc1C(F)(F)F)C[C@H]1Cc2ccccc2CN1.CCCCCN(Cc1ncccc1C1CC1)C[C@H]1Cc2ccccc2CN1. The Hall–Kier alpha value is -7.31. The molecule has 4 N–H and O–H groups in total. The molecule has 1 aliphatic carbocycles. The molecule has 4 atom stereocenters. The first-order valence-electron chi connectivity index (χ1n) is 40.4. The smallest absolute Gasteiger partial charge is 0.308 e. The van der Waals surface area contributed by atoms with Gasteiger partial charge >= 0.3 is 6.18 Å². The topological polar surface area (TPSA) is 113 Å². The van der Waals surface area contributed by atoms with Crippen LogP contribution in [-0.2, 0) is 84.2 Å². The molecule has 4 aliphatic heterocycles. The number of pyridine rings is 4. The fraction of sp³-hybridized carbons (Fsp3) is 0.495. The van der Waals surface area contributed by atoms with Gasteiger partial charge in [-0.25, -0.2) is 0 Å². The minimum absolute atomic E-state index is 0.114. The van der Waals surface area contributed by atoms with Crippen LogP contribution in [0, 0.1) is 6.92 Å². The van der Waals surface area contributed by atoms with Crippen molar-refractivity contribution in [2.24, 2.45) is 0 Å². The summed E-state index contributed by atoms with van der Waals surface area (Å²) in [5, 5.41) is 14.8. The van der Waals surface area contributed by atoms with E-state index in [0.29, 0.717) is 24.7 Å². The average molecular weight is 1440 g/mol. The summed E-state index contributed by atoms with van der Waals surface area (Å²) in [6, 6.07) is 52.0. The quantitative estimate of drug-likeness (QED) is 0.0288. The summed E-state index contributed by atoms with van der Waals surface area (Å²) in [5.74, 6) is 0.769. The van der Waals surface area contributed by atoms with Crippen molar-refractivity contribution in [2.45, 2.75) is 239 Å². The zero-order valence-corrected chi connectivity index (χ0v) is 64.6. The molecule has 8 aromatic rings. The van der Waals surface area contributed by atoms with E-state index in [1.54, 1.807) is 0 Å². The third-order valence-corrected chi connectivity index (χ3v) is 21.7. The summed E-state index contributed by atoms with van der Waals surface area (Å²) in [7, 11) is 0. The highest BCUT2D eigenvalue weighted by Crippen LogP contribution is 2.41. The van der Waals surface area contributed by atoms with Gasteiger partial charge in [0.2, 0.25) is 0 Å². The van der Waals surface area contributed by atoms with Gasteiger partial charge < -0.3 is 21.3 Å². The van der Waals surface area contributed by atoms with E-state index in [9.17, 15) is 13.2 Å². The Bertz CT molecular complexity index is 3860. The summed E-state index contributed by atoms with van der Waals surface area (Å²) in [6.07, 6.45) is 26.4. The number of hydrogen-bond acceptors (Lipinski definition) is 12. The maximum Gasteiger partial charge on any atom is 0.418 e. The average Bonchev–Trinajstić information content (AvgIpc) is 1.61. The summed E-state index contributed by atoms with van der Waals surface area (Å²) < 4.78 is 40.1. The minimum atomic E-state index is -4.37. The van der Waals surface area contributed by atoms with E-state index in [4.69, 9.17) is 4.98 Å². The van der Waals surface area contributed by atoms with Crippen molar-refractivity contribution in [2.75, 3.05) is 52.4 Å². The van der Waals surface area contributed by atoms with Crippen LogP contribution < -0.4 is 21.3 Å². The summed E-state index contributed by atoms with van der Waals surface area (Å²) in [4.78, 5) is 28.0. The van der Waals surface area contributed by atoms with Gasteiger partial charge in [0, 0.05) is 127 Å². The molecule has 0 radical (unpaired) electrons. The van der Waals surface area contributed by atoms with Crippen LogP contribution in [0.25, 0.3) is 6.08 Å². The van der Waals surface area contributed by atoms with Gasteiger partial charge in [-0.05, 0) is 195 Å². The van der Waals surface area contributed by atoms with Crippen LogP contribution >= 0.6 is 0 Å². The van der Waals surface area contributed by atoms with Crippen molar-refractivity contribution in [1.82, 2.24) is 60.8 Å². The Balaban J connectivity index is 0.000000151. The Morgan fingerprint density at radius 2 is 0.764 bits per heavy atom. The molecule has 15 heteroatoms. The second-order valence-corrected chi connectivity index (χ2v) is 30.4. The lowest BCUT2D eigenvalue weighted by molar-refractivity contribution is -0.138. The standard InChI is InChI=1S/C24H33N3.C23H31N3.C22H28F3N3.C22H31N3/c1-2-3-6-14-27(18-24-23(19-11-12-19)10-7-13-25-24)17-22-15-20-8-4-5-9-21(20)16-26-22;1-3-5-8-14-26(18-23-19(4-2)12-9-13-24-23)17-22-15-20-10-6-7-11-21(20)16-25-22;1-2-3-6-12-28(16-21-20(22(23,24)25)10-7-11-26-21)15-19-13-17-8-4-5-9-18(17)14-27-19;1-3-4-7-12-25(16-21-11-10-18(2)14-23-21)17-22-13-19-8-5-6-9-20(19)15-24-22/h4-5,7-10,13,19,22,26H,2-3,6,11-12,14-18H2,1H3;4,6-7,9-13,22,25H,2-3,5,8,14-18H2,1H3;4-5,7-11,19,27H,2-3,6,12-16H2,1H3;5-6,8-11,14,22,24H,3-4,7,12-13,15-17H2,1-2H3/t2*22-;19-;22-/m1111/s1. The molecule has 5 aliphatic rings. The Labute approximate surface area is 634 Å². The highest BCUT2D eigenvalue weighted by atomic mass is 19.4. The molecule has 0 spiro atoms. The van der Waals surface area contributed by atoms with Gasteiger partial charge in [-0.1, -0.05) is 207 Å². The molecule has 4 aromatic heterocycles. The first-order chi connectivity index (χ1) is 51.8. The molecule has 8 heterocycles. The van der Waals surface area contributed by atoms with Crippen LogP contribution in [0.4, 0.5) is 13.2 Å². The van der Waals surface area contributed by atoms with Crippen LogP contribution in [-0.4, -0.2) is 116 Å². The zero-order chi connectivity index (χ0) is 74.1.